The molecule has 2 N–H and O–H groups in total. The average Bonchev–Trinajstić information content (AvgIpc) is 2.61. The first kappa shape index (κ1) is 19.5. The largest absolute Gasteiger partial charge is 0.332 e. The number of carbonyl (C=O) groups excluding carboxylic acids is 1. The highest BCUT2D eigenvalue weighted by atomic mass is 32.1. The lowest BCUT2D eigenvalue weighted by Crippen LogP contribution is -2.34. The van der Waals surface area contributed by atoms with Gasteiger partial charge in [-0.3, -0.25) is 20.2 Å². The molecule has 6 nitrogen and oxygen atoms in total. The molecular formula is C19H21N3O3S. The number of nitrogens with one attached hydrogen (secondary N) is 2. The van der Waals surface area contributed by atoms with Crippen LogP contribution in [0.25, 0.3) is 0 Å². The molecule has 1 amide bonds. The predicted molar refractivity (Wildman–Crippen MR) is 107 cm³/mol. The third-order valence-corrected chi connectivity index (χ3v) is 4.45. The molecule has 0 fully saturated rings. The van der Waals surface area contributed by atoms with Gasteiger partial charge in [-0.1, -0.05) is 38.1 Å². The van der Waals surface area contributed by atoms with Crippen molar-refractivity contribution >= 4 is 34.6 Å². The molecule has 7 heteroatoms. The van der Waals surface area contributed by atoms with Crippen molar-refractivity contribution in [2.75, 3.05) is 5.32 Å². The normalized spacial score (nSPS) is 11.5. The molecule has 0 radical (unpaired) electrons. The smallest absolute Gasteiger partial charge is 0.273 e. The van der Waals surface area contributed by atoms with Crippen molar-refractivity contribution in [2.45, 2.75) is 33.1 Å². The Hall–Kier alpha value is -2.80. The minimum absolute atomic E-state index is 0.0985. The van der Waals surface area contributed by atoms with E-state index in [0.29, 0.717) is 11.5 Å². The second kappa shape index (κ2) is 8.53. The lowest BCUT2D eigenvalue weighted by atomic mass is 9.97. The number of nitro benzene ring substituents is 1. The molecule has 0 spiro atoms. The van der Waals surface area contributed by atoms with E-state index in [1.165, 1.54) is 12.1 Å². The zero-order valence-corrected chi connectivity index (χ0v) is 15.7. The van der Waals surface area contributed by atoms with Gasteiger partial charge in [-0.05, 0) is 49.2 Å². The van der Waals surface area contributed by atoms with Crippen molar-refractivity contribution in [3.63, 3.8) is 0 Å². The maximum absolute atomic E-state index is 12.3. The van der Waals surface area contributed by atoms with E-state index in [0.717, 1.165) is 17.7 Å². The number of rotatable bonds is 5. The zero-order chi connectivity index (χ0) is 19.3. The number of benzene rings is 2. The monoisotopic (exact) mass is 371 g/mol. The fourth-order valence-corrected chi connectivity index (χ4v) is 2.74. The summed E-state index contributed by atoms with van der Waals surface area (Å²) in [7, 11) is 0. The lowest BCUT2D eigenvalue weighted by Gasteiger charge is -2.17. The zero-order valence-electron chi connectivity index (χ0n) is 14.9. The van der Waals surface area contributed by atoms with Crippen LogP contribution < -0.4 is 10.6 Å². The van der Waals surface area contributed by atoms with Gasteiger partial charge in [0.1, 0.15) is 0 Å². The third-order valence-electron chi connectivity index (χ3n) is 4.25. The van der Waals surface area contributed by atoms with Gasteiger partial charge < -0.3 is 5.32 Å². The van der Waals surface area contributed by atoms with Crippen molar-refractivity contribution in [1.82, 2.24) is 5.32 Å². The standard InChI is InChI=1S/C19H21N3O3S/c1-4-12(2)15-7-5-6-8-16(15)20-19(26)21-18(23)14-10-9-13(3)17(11-14)22(24)25/h5-12H,4H2,1-3H3,(H2,20,21,23,26)/t12-/m1/s1. The molecule has 0 aromatic heterocycles. The lowest BCUT2D eigenvalue weighted by molar-refractivity contribution is -0.385. The number of carbonyl (C=O) groups is 1. The molecule has 0 heterocycles. The number of anilines is 1. The van der Waals surface area contributed by atoms with Gasteiger partial charge in [0.25, 0.3) is 11.6 Å². The molecule has 2 rings (SSSR count). The number of para-hydroxylation sites is 1. The maximum atomic E-state index is 12.3. The van der Waals surface area contributed by atoms with Gasteiger partial charge in [0.05, 0.1) is 4.92 Å². The van der Waals surface area contributed by atoms with Crippen molar-refractivity contribution in [3.8, 4) is 0 Å². The van der Waals surface area contributed by atoms with E-state index in [1.54, 1.807) is 13.0 Å². The molecule has 0 bridgehead atoms. The molecule has 2 aromatic rings. The molecule has 0 unspecified atom stereocenters. The van der Waals surface area contributed by atoms with Crippen molar-refractivity contribution in [2.24, 2.45) is 0 Å². The first-order valence-electron chi connectivity index (χ1n) is 8.29. The number of aryl methyl sites for hydroxylation is 1. The second-order valence-corrected chi connectivity index (χ2v) is 6.47. The van der Waals surface area contributed by atoms with Crippen LogP contribution in [0.4, 0.5) is 11.4 Å². The van der Waals surface area contributed by atoms with Gasteiger partial charge in [0.15, 0.2) is 5.11 Å². The molecule has 0 aliphatic heterocycles. The number of nitrogens with zero attached hydrogens (tertiary/aromatic N) is 1. The highest BCUT2D eigenvalue weighted by molar-refractivity contribution is 7.80. The molecule has 0 saturated carbocycles. The summed E-state index contributed by atoms with van der Waals surface area (Å²) in [6.45, 7) is 5.84. The highest BCUT2D eigenvalue weighted by Gasteiger charge is 2.16. The SMILES string of the molecule is CC[C@@H](C)c1ccccc1NC(=S)NC(=O)c1ccc(C)c([N+](=O)[O-])c1. The van der Waals surface area contributed by atoms with Crippen LogP contribution >= 0.6 is 12.2 Å². The van der Waals surface area contributed by atoms with Crippen LogP contribution in [0.3, 0.4) is 0 Å². The topological polar surface area (TPSA) is 84.3 Å². The maximum Gasteiger partial charge on any atom is 0.273 e. The summed E-state index contributed by atoms with van der Waals surface area (Å²) in [5.74, 6) is -0.149. The second-order valence-electron chi connectivity index (χ2n) is 6.06. The summed E-state index contributed by atoms with van der Waals surface area (Å²) in [5.41, 5.74) is 2.52. The summed E-state index contributed by atoms with van der Waals surface area (Å²) in [6, 6.07) is 12.1. The fraction of sp³-hybridized carbons (Fsp3) is 0.263. The summed E-state index contributed by atoms with van der Waals surface area (Å²) in [4.78, 5) is 22.9. The molecule has 0 aliphatic rings. The van der Waals surface area contributed by atoms with Crippen molar-refractivity contribution in [3.05, 3.63) is 69.3 Å². The number of amides is 1. The highest BCUT2D eigenvalue weighted by Crippen LogP contribution is 2.26. The van der Waals surface area contributed by atoms with Crippen molar-refractivity contribution < 1.29 is 9.72 Å². The van der Waals surface area contributed by atoms with Gasteiger partial charge in [-0.15, -0.1) is 0 Å². The Morgan fingerprint density at radius 3 is 2.62 bits per heavy atom. The van der Waals surface area contributed by atoms with Crippen LogP contribution in [0.5, 0.6) is 0 Å². The van der Waals surface area contributed by atoms with E-state index < -0.39 is 10.8 Å². The van der Waals surface area contributed by atoms with Gasteiger partial charge in [-0.2, -0.15) is 0 Å². The average molecular weight is 371 g/mol. The van der Waals surface area contributed by atoms with Crippen LogP contribution in [0.2, 0.25) is 0 Å². The molecule has 0 saturated heterocycles. The summed E-state index contributed by atoms with van der Waals surface area (Å²) in [5, 5.41) is 16.8. The molecule has 26 heavy (non-hydrogen) atoms. The number of hydrogen-bond donors (Lipinski definition) is 2. The number of thiocarbonyl (C=S) groups is 1. The quantitative estimate of drug-likeness (QED) is 0.458. The fourth-order valence-electron chi connectivity index (χ4n) is 2.54. The van der Waals surface area contributed by atoms with Gasteiger partial charge in [-0.25, -0.2) is 0 Å². The molecular weight excluding hydrogens is 350 g/mol. The first-order valence-corrected chi connectivity index (χ1v) is 8.70. The Labute approximate surface area is 157 Å². The van der Waals surface area contributed by atoms with E-state index in [-0.39, 0.29) is 16.4 Å². The van der Waals surface area contributed by atoms with E-state index >= 15 is 0 Å². The predicted octanol–water partition coefficient (Wildman–Crippen LogP) is 4.54. The summed E-state index contributed by atoms with van der Waals surface area (Å²) in [6.07, 6.45) is 0.977. The third kappa shape index (κ3) is 4.64. The minimum Gasteiger partial charge on any atom is -0.332 e. The van der Waals surface area contributed by atoms with Gasteiger partial charge in [0.2, 0.25) is 0 Å². The number of hydrogen-bond acceptors (Lipinski definition) is 4. The minimum atomic E-state index is -0.509. The van der Waals surface area contributed by atoms with Crippen LogP contribution in [-0.4, -0.2) is 15.9 Å². The Morgan fingerprint density at radius 2 is 1.96 bits per heavy atom. The molecule has 0 aliphatic carbocycles. The van der Waals surface area contributed by atoms with Crippen molar-refractivity contribution in [1.29, 1.82) is 0 Å². The van der Waals surface area contributed by atoms with Gasteiger partial charge in [0, 0.05) is 22.9 Å². The van der Waals surface area contributed by atoms with Gasteiger partial charge >= 0.3 is 0 Å². The Kier molecular flexibility index (Phi) is 6.41. The van der Waals surface area contributed by atoms with Crippen LogP contribution in [0.15, 0.2) is 42.5 Å². The van der Waals surface area contributed by atoms with E-state index in [1.807, 2.05) is 24.3 Å². The first-order chi connectivity index (χ1) is 12.3. The molecule has 2 aromatic carbocycles. The summed E-state index contributed by atoms with van der Waals surface area (Å²) < 4.78 is 0. The Bertz CT molecular complexity index is 852. The van der Waals surface area contributed by atoms with Crippen LogP contribution in [-0.2, 0) is 0 Å². The van der Waals surface area contributed by atoms with Crippen LogP contribution in [0, 0.1) is 17.0 Å². The molecule has 136 valence electrons. The number of nitro groups is 1. The Balaban J connectivity index is 2.13. The Morgan fingerprint density at radius 1 is 1.27 bits per heavy atom. The summed E-state index contributed by atoms with van der Waals surface area (Å²) >= 11 is 5.23. The van der Waals surface area contributed by atoms with Crippen LogP contribution in [0.1, 0.15) is 47.7 Å². The van der Waals surface area contributed by atoms with E-state index in [9.17, 15) is 14.9 Å². The van der Waals surface area contributed by atoms with E-state index in [2.05, 4.69) is 24.5 Å². The van der Waals surface area contributed by atoms with E-state index in [4.69, 9.17) is 12.2 Å². The molecule has 1 atom stereocenters.